The van der Waals surface area contributed by atoms with Gasteiger partial charge in [-0.3, -0.25) is 4.79 Å². The second kappa shape index (κ2) is 6.72. The fourth-order valence-electron chi connectivity index (χ4n) is 2.43. The third kappa shape index (κ3) is 3.56. The summed E-state index contributed by atoms with van der Waals surface area (Å²) in [6.07, 6.45) is 3.40. The molecule has 0 aliphatic carbocycles. The Morgan fingerprint density at radius 1 is 1.17 bits per heavy atom. The number of aromatic nitrogens is 2. The third-order valence-electron chi connectivity index (χ3n) is 3.65. The van der Waals surface area contributed by atoms with Crippen LogP contribution in [0, 0.1) is 0 Å². The number of benzene rings is 1. The van der Waals surface area contributed by atoms with Gasteiger partial charge in [-0.1, -0.05) is 11.6 Å². The molecule has 0 bridgehead atoms. The van der Waals surface area contributed by atoms with E-state index >= 15 is 0 Å². The van der Waals surface area contributed by atoms with Gasteiger partial charge in [0.05, 0.1) is 10.0 Å². The van der Waals surface area contributed by atoms with Crippen molar-refractivity contribution in [3.63, 3.8) is 0 Å². The van der Waals surface area contributed by atoms with Gasteiger partial charge in [0, 0.05) is 43.6 Å². The molecule has 6 nitrogen and oxygen atoms in total. The van der Waals surface area contributed by atoms with Crippen LogP contribution in [0.4, 0.5) is 5.95 Å². The van der Waals surface area contributed by atoms with Crippen molar-refractivity contribution in [1.82, 2.24) is 14.9 Å². The SMILES string of the molecule is O=C(c1cc(Cl)ccc1O)N1CCN(c2ncc(Br)cn2)CC1. The Balaban J connectivity index is 1.67. The minimum Gasteiger partial charge on any atom is -0.507 e. The maximum absolute atomic E-state index is 12.5. The smallest absolute Gasteiger partial charge is 0.257 e. The lowest BCUT2D eigenvalue weighted by Gasteiger charge is -2.34. The van der Waals surface area contributed by atoms with E-state index in [4.69, 9.17) is 11.6 Å². The molecule has 23 heavy (non-hydrogen) atoms. The predicted octanol–water partition coefficient (Wildman–Crippen LogP) is 2.56. The molecule has 8 heteroatoms. The van der Waals surface area contributed by atoms with E-state index in [0.29, 0.717) is 37.1 Å². The first-order chi connectivity index (χ1) is 11.0. The average molecular weight is 398 g/mol. The summed E-state index contributed by atoms with van der Waals surface area (Å²) in [4.78, 5) is 24.8. The van der Waals surface area contributed by atoms with Gasteiger partial charge in [0.2, 0.25) is 5.95 Å². The van der Waals surface area contributed by atoms with Gasteiger partial charge in [0.25, 0.3) is 5.91 Å². The Labute approximate surface area is 146 Å². The molecule has 0 saturated carbocycles. The van der Waals surface area contributed by atoms with Gasteiger partial charge in [-0.15, -0.1) is 0 Å². The number of carbonyl (C=O) groups excluding carboxylic acids is 1. The minimum atomic E-state index is -0.221. The van der Waals surface area contributed by atoms with Crippen LogP contribution in [0.1, 0.15) is 10.4 Å². The maximum Gasteiger partial charge on any atom is 0.257 e. The second-order valence-electron chi connectivity index (χ2n) is 5.14. The number of anilines is 1. The normalized spacial score (nSPS) is 14.9. The summed E-state index contributed by atoms with van der Waals surface area (Å²) >= 11 is 9.21. The van der Waals surface area contributed by atoms with Crippen LogP contribution in [-0.4, -0.2) is 52.1 Å². The van der Waals surface area contributed by atoms with Crippen LogP contribution in [0.3, 0.4) is 0 Å². The number of halogens is 2. The molecular weight excluding hydrogens is 384 g/mol. The number of phenols is 1. The largest absolute Gasteiger partial charge is 0.507 e. The molecule has 1 aliphatic heterocycles. The van der Waals surface area contributed by atoms with Crippen LogP contribution in [0.5, 0.6) is 5.75 Å². The Kier molecular flexibility index (Phi) is 4.68. The molecule has 1 aliphatic rings. The molecule has 1 aromatic carbocycles. The van der Waals surface area contributed by atoms with Crippen molar-refractivity contribution in [1.29, 1.82) is 0 Å². The number of amides is 1. The summed E-state index contributed by atoms with van der Waals surface area (Å²) in [6, 6.07) is 4.47. The van der Waals surface area contributed by atoms with E-state index in [2.05, 4.69) is 25.9 Å². The van der Waals surface area contributed by atoms with Gasteiger partial charge >= 0.3 is 0 Å². The molecule has 3 rings (SSSR count). The van der Waals surface area contributed by atoms with E-state index < -0.39 is 0 Å². The molecule has 1 aromatic heterocycles. The lowest BCUT2D eigenvalue weighted by Crippen LogP contribution is -2.49. The zero-order valence-corrected chi connectivity index (χ0v) is 14.5. The number of hydrogen-bond acceptors (Lipinski definition) is 5. The fourth-order valence-corrected chi connectivity index (χ4v) is 2.81. The van der Waals surface area contributed by atoms with Crippen LogP contribution in [0.2, 0.25) is 5.02 Å². The maximum atomic E-state index is 12.5. The van der Waals surface area contributed by atoms with Crippen molar-refractivity contribution in [3.8, 4) is 5.75 Å². The first-order valence-corrected chi connectivity index (χ1v) is 8.22. The van der Waals surface area contributed by atoms with E-state index in [0.717, 1.165) is 4.47 Å². The van der Waals surface area contributed by atoms with Crippen molar-refractivity contribution in [2.75, 3.05) is 31.1 Å². The van der Waals surface area contributed by atoms with E-state index in [-0.39, 0.29) is 17.2 Å². The van der Waals surface area contributed by atoms with Gasteiger partial charge in [-0.2, -0.15) is 0 Å². The topological polar surface area (TPSA) is 69.6 Å². The molecule has 0 unspecified atom stereocenters. The summed E-state index contributed by atoms with van der Waals surface area (Å²) in [5.41, 5.74) is 0.228. The van der Waals surface area contributed by atoms with Gasteiger partial charge in [0.15, 0.2) is 0 Å². The number of aromatic hydroxyl groups is 1. The number of hydrogen-bond donors (Lipinski definition) is 1. The Morgan fingerprint density at radius 3 is 2.48 bits per heavy atom. The number of rotatable bonds is 2. The molecule has 0 spiro atoms. The van der Waals surface area contributed by atoms with Crippen molar-refractivity contribution in [2.24, 2.45) is 0 Å². The van der Waals surface area contributed by atoms with Crippen molar-refractivity contribution in [3.05, 3.63) is 45.7 Å². The van der Waals surface area contributed by atoms with E-state index in [1.54, 1.807) is 23.4 Å². The van der Waals surface area contributed by atoms with Gasteiger partial charge in [0.1, 0.15) is 5.75 Å². The molecule has 0 atom stereocenters. The van der Waals surface area contributed by atoms with Crippen LogP contribution in [0.25, 0.3) is 0 Å². The molecule has 2 aromatic rings. The third-order valence-corrected chi connectivity index (χ3v) is 4.29. The standard InChI is InChI=1S/C15H14BrClN4O2/c16-10-8-18-15(19-9-10)21-5-3-20(4-6-21)14(23)12-7-11(17)1-2-13(12)22/h1-2,7-9,22H,3-6H2. The van der Waals surface area contributed by atoms with E-state index in [9.17, 15) is 9.90 Å². The van der Waals surface area contributed by atoms with Crippen molar-refractivity contribution in [2.45, 2.75) is 0 Å². The highest BCUT2D eigenvalue weighted by Crippen LogP contribution is 2.24. The van der Waals surface area contributed by atoms with Gasteiger partial charge in [-0.05, 0) is 34.1 Å². The van der Waals surface area contributed by atoms with Crippen LogP contribution in [0.15, 0.2) is 35.1 Å². The molecule has 1 fully saturated rings. The molecule has 1 saturated heterocycles. The second-order valence-corrected chi connectivity index (χ2v) is 6.49. The first-order valence-electron chi connectivity index (χ1n) is 7.05. The molecule has 120 valence electrons. The van der Waals surface area contributed by atoms with Crippen LogP contribution < -0.4 is 4.90 Å². The highest BCUT2D eigenvalue weighted by atomic mass is 79.9. The summed E-state index contributed by atoms with van der Waals surface area (Å²) in [7, 11) is 0. The minimum absolute atomic E-state index is 0.0573. The van der Waals surface area contributed by atoms with Crippen LogP contribution in [-0.2, 0) is 0 Å². The number of nitrogens with zero attached hydrogens (tertiary/aromatic N) is 4. The molecule has 1 amide bonds. The van der Waals surface area contributed by atoms with E-state index in [1.165, 1.54) is 12.1 Å². The Bertz CT molecular complexity index is 718. The summed E-state index contributed by atoms with van der Waals surface area (Å²) in [5, 5.41) is 10.3. The molecular formula is C15H14BrClN4O2. The number of phenolic OH excluding ortho intramolecular Hbond substituents is 1. The van der Waals surface area contributed by atoms with Gasteiger partial charge in [-0.25, -0.2) is 9.97 Å². The first kappa shape index (κ1) is 16.0. The summed E-state index contributed by atoms with van der Waals surface area (Å²) < 4.78 is 0.825. The van der Waals surface area contributed by atoms with E-state index in [1.807, 2.05) is 4.90 Å². The Hall–Kier alpha value is -1.86. The van der Waals surface area contributed by atoms with Crippen LogP contribution >= 0.6 is 27.5 Å². The van der Waals surface area contributed by atoms with Gasteiger partial charge < -0.3 is 14.9 Å². The molecule has 1 N–H and O–H groups in total. The molecule has 0 radical (unpaired) electrons. The fraction of sp³-hybridized carbons (Fsp3) is 0.267. The molecule has 2 heterocycles. The summed E-state index contributed by atoms with van der Waals surface area (Å²) in [6.45, 7) is 2.33. The Morgan fingerprint density at radius 2 is 1.83 bits per heavy atom. The predicted molar refractivity (Wildman–Crippen MR) is 91.0 cm³/mol. The average Bonchev–Trinajstić information content (AvgIpc) is 2.57. The zero-order chi connectivity index (χ0) is 16.4. The highest BCUT2D eigenvalue weighted by Gasteiger charge is 2.25. The lowest BCUT2D eigenvalue weighted by molar-refractivity contribution is 0.0743. The monoisotopic (exact) mass is 396 g/mol. The highest BCUT2D eigenvalue weighted by molar-refractivity contribution is 9.10. The number of piperazine rings is 1. The zero-order valence-electron chi connectivity index (χ0n) is 12.1. The lowest BCUT2D eigenvalue weighted by atomic mass is 10.1. The summed E-state index contributed by atoms with van der Waals surface area (Å²) in [5.74, 6) is 0.366. The number of carbonyl (C=O) groups is 1. The van der Waals surface area contributed by atoms with Crippen molar-refractivity contribution >= 4 is 39.4 Å². The van der Waals surface area contributed by atoms with Crippen molar-refractivity contribution < 1.29 is 9.90 Å². The quantitative estimate of drug-likeness (QED) is 0.843.